The molecule has 1 rings (SSSR count). The van der Waals surface area contributed by atoms with Crippen LogP contribution in [0, 0.1) is 3.57 Å². The molecule has 8 heteroatoms. The van der Waals surface area contributed by atoms with Crippen LogP contribution >= 0.6 is 38.5 Å². The Bertz CT molecular complexity index is 470. The van der Waals surface area contributed by atoms with Crippen LogP contribution in [0.15, 0.2) is 26.6 Å². The molecule has 0 heterocycles. The first-order valence-corrected chi connectivity index (χ1v) is 5.89. The van der Waals surface area contributed by atoms with E-state index in [4.69, 9.17) is 17.2 Å². The molecule has 1 aromatic rings. The molecule has 0 radical (unpaired) electrons. The van der Waals surface area contributed by atoms with Gasteiger partial charge in [0.05, 0.1) is 3.57 Å². The van der Waals surface area contributed by atoms with Gasteiger partial charge in [-0.2, -0.15) is 4.99 Å². The molecule has 0 aliphatic heterocycles. The molecule has 7 N–H and O–H groups in total. The molecule has 1 aromatic carbocycles. The van der Waals surface area contributed by atoms with E-state index >= 15 is 0 Å². The van der Waals surface area contributed by atoms with Gasteiger partial charge < -0.3 is 22.3 Å². The van der Waals surface area contributed by atoms with Gasteiger partial charge in [0.2, 0.25) is 5.96 Å². The largest absolute Gasteiger partial charge is 0.505 e. The SMILES string of the molecule is NC(N)=NC(N)=Nc1c(Br)ccc(I)c1O. The number of benzene rings is 1. The zero-order chi connectivity index (χ0) is 12.3. The lowest BCUT2D eigenvalue weighted by Crippen LogP contribution is -2.26. The number of halogens is 2. The van der Waals surface area contributed by atoms with Crippen LogP contribution in [0.3, 0.4) is 0 Å². The lowest BCUT2D eigenvalue weighted by atomic mass is 10.3. The second kappa shape index (κ2) is 5.34. The molecule has 6 nitrogen and oxygen atoms in total. The molecule has 0 aliphatic rings. The molecule has 86 valence electrons. The summed E-state index contributed by atoms with van der Waals surface area (Å²) in [6.07, 6.45) is 0. The van der Waals surface area contributed by atoms with Crippen LogP contribution in [0.1, 0.15) is 0 Å². The van der Waals surface area contributed by atoms with Gasteiger partial charge in [-0.25, -0.2) is 4.99 Å². The molecule has 0 aromatic heterocycles. The van der Waals surface area contributed by atoms with Gasteiger partial charge in [-0.15, -0.1) is 0 Å². The third-order valence-corrected chi connectivity index (χ3v) is 3.03. The molecule has 0 atom stereocenters. The van der Waals surface area contributed by atoms with Crippen LogP contribution in [0.4, 0.5) is 5.69 Å². The first kappa shape index (κ1) is 13.0. The van der Waals surface area contributed by atoms with Gasteiger partial charge >= 0.3 is 0 Å². The van der Waals surface area contributed by atoms with Gasteiger partial charge in [-0.1, -0.05) is 0 Å². The molecular weight excluding hydrogens is 389 g/mol. The lowest BCUT2D eigenvalue weighted by molar-refractivity contribution is 0.472. The maximum Gasteiger partial charge on any atom is 0.223 e. The molecular formula is C8H9BrIN5O. The second-order valence-electron chi connectivity index (χ2n) is 2.73. The van der Waals surface area contributed by atoms with E-state index in [-0.39, 0.29) is 23.4 Å². The van der Waals surface area contributed by atoms with Crippen LogP contribution < -0.4 is 17.2 Å². The van der Waals surface area contributed by atoms with E-state index in [9.17, 15) is 5.11 Å². The van der Waals surface area contributed by atoms with Crippen molar-refractivity contribution in [3.05, 3.63) is 20.2 Å². The van der Waals surface area contributed by atoms with Gasteiger partial charge in [0.15, 0.2) is 11.7 Å². The van der Waals surface area contributed by atoms with Gasteiger partial charge in [-0.3, -0.25) is 0 Å². The summed E-state index contributed by atoms with van der Waals surface area (Å²) in [5.74, 6) is -0.302. The standard InChI is InChI=1S/C8H9BrIN5O/c9-3-1-2-4(10)6(16)5(3)14-8(13)15-7(11)12/h1-2,16H,(H6,11,12,13,14,15). The third-order valence-electron chi connectivity index (χ3n) is 1.52. The summed E-state index contributed by atoms with van der Waals surface area (Å²) in [6, 6.07) is 3.47. The summed E-state index contributed by atoms with van der Waals surface area (Å²) in [4.78, 5) is 7.45. The fourth-order valence-corrected chi connectivity index (χ4v) is 1.75. The van der Waals surface area contributed by atoms with E-state index in [1.54, 1.807) is 12.1 Å². The Labute approximate surface area is 114 Å². The van der Waals surface area contributed by atoms with Crippen molar-refractivity contribution in [1.29, 1.82) is 0 Å². The number of nitrogens with zero attached hydrogens (tertiary/aromatic N) is 2. The van der Waals surface area contributed by atoms with E-state index in [1.807, 2.05) is 22.6 Å². The van der Waals surface area contributed by atoms with Gasteiger partial charge in [0, 0.05) is 4.47 Å². The summed E-state index contributed by atoms with van der Waals surface area (Å²) in [5.41, 5.74) is 16.0. The number of aliphatic imine (C=N–C) groups is 2. The van der Waals surface area contributed by atoms with Crippen LogP contribution in [-0.2, 0) is 0 Å². The minimum atomic E-state index is -0.192. The Morgan fingerprint density at radius 1 is 1.31 bits per heavy atom. The Balaban J connectivity index is 3.24. The number of rotatable bonds is 1. The maximum atomic E-state index is 9.75. The van der Waals surface area contributed by atoms with Gasteiger partial charge in [0.1, 0.15) is 5.69 Å². The second-order valence-corrected chi connectivity index (χ2v) is 4.75. The van der Waals surface area contributed by atoms with E-state index < -0.39 is 0 Å². The smallest absolute Gasteiger partial charge is 0.223 e. The quantitative estimate of drug-likeness (QED) is 0.320. The van der Waals surface area contributed by atoms with Gasteiger partial charge in [-0.05, 0) is 50.7 Å². The lowest BCUT2D eigenvalue weighted by Gasteiger charge is -2.04. The molecule has 0 saturated carbocycles. The van der Waals surface area contributed by atoms with Crippen molar-refractivity contribution in [2.45, 2.75) is 0 Å². The third kappa shape index (κ3) is 3.23. The van der Waals surface area contributed by atoms with Crippen molar-refractivity contribution in [1.82, 2.24) is 0 Å². The highest BCUT2D eigenvalue weighted by Gasteiger charge is 2.09. The first-order chi connectivity index (χ1) is 7.41. The maximum absolute atomic E-state index is 9.75. The normalized spacial score (nSPS) is 11.2. The summed E-state index contributed by atoms with van der Waals surface area (Å²) in [5, 5.41) is 9.75. The van der Waals surface area contributed by atoms with Crippen molar-refractivity contribution in [3.63, 3.8) is 0 Å². The number of hydrogen-bond donors (Lipinski definition) is 4. The van der Waals surface area contributed by atoms with E-state index in [0.29, 0.717) is 8.04 Å². The summed E-state index contributed by atoms with van der Waals surface area (Å²) >= 11 is 5.21. The minimum Gasteiger partial charge on any atom is -0.505 e. The number of aromatic hydroxyl groups is 1. The topological polar surface area (TPSA) is 123 Å². The van der Waals surface area contributed by atoms with Crippen LogP contribution in [0.25, 0.3) is 0 Å². The van der Waals surface area contributed by atoms with Crippen molar-refractivity contribution >= 4 is 56.1 Å². The van der Waals surface area contributed by atoms with Crippen molar-refractivity contribution < 1.29 is 5.11 Å². The Hall–Kier alpha value is -1.03. The molecule has 0 saturated heterocycles. The monoisotopic (exact) mass is 397 g/mol. The number of phenolic OH excluding ortho intramolecular Hbond substituents is 1. The van der Waals surface area contributed by atoms with Crippen molar-refractivity contribution in [2.24, 2.45) is 27.2 Å². The van der Waals surface area contributed by atoms with E-state index in [1.165, 1.54) is 0 Å². The van der Waals surface area contributed by atoms with Crippen LogP contribution in [0.5, 0.6) is 5.75 Å². The van der Waals surface area contributed by atoms with Crippen molar-refractivity contribution in [2.75, 3.05) is 0 Å². The molecule has 0 aliphatic carbocycles. The number of phenols is 1. The molecule has 0 fully saturated rings. The predicted octanol–water partition coefficient (Wildman–Crippen LogP) is 0.979. The first-order valence-electron chi connectivity index (χ1n) is 4.02. The zero-order valence-corrected chi connectivity index (χ0v) is 11.7. The zero-order valence-electron chi connectivity index (χ0n) is 7.98. The average Bonchev–Trinajstić information content (AvgIpc) is 2.17. The van der Waals surface area contributed by atoms with Crippen molar-refractivity contribution in [3.8, 4) is 5.75 Å². The number of nitrogens with two attached hydrogens (primary N) is 3. The van der Waals surface area contributed by atoms with Crippen LogP contribution in [-0.4, -0.2) is 17.0 Å². The fourth-order valence-electron chi connectivity index (χ4n) is 0.909. The highest BCUT2D eigenvalue weighted by molar-refractivity contribution is 14.1. The molecule has 0 unspecified atom stereocenters. The highest BCUT2D eigenvalue weighted by atomic mass is 127. The Morgan fingerprint density at radius 3 is 2.50 bits per heavy atom. The molecule has 0 spiro atoms. The van der Waals surface area contributed by atoms with Crippen LogP contribution in [0.2, 0.25) is 0 Å². The number of guanidine groups is 2. The predicted molar refractivity (Wildman–Crippen MR) is 75.6 cm³/mol. The molecule has 16 heavy (non-hydrogen) atoms. The molecule has 0 bridgehead atoms. The highest BCUT2D eigenvalue weighted by Crippen LogP contribution is 2.37. The number of hydrogen-bond acceptors (Lipinski definition) is 2. The summed E-state index contributed by atoms with van der Waals surface area (Å²) in [7, 11) is 0. The van der Waals surface area contributed by atoms with Gasteiger partial charge in [0.25, 0.3) is 0 Å². The Kier molecular flexibility index (Phi) is 4.35. The minimum absolute atomic E-state index is 0.0173. The summed E-state index contributed by atoms with van der Waals surface area (Å²) < 4.78 is 1.25. The molecule has 0 amide bonds. The van der Waals surface area contributed by atoms with E-state index in [0.717, 1.165) is 0 Å². The van der Waals surface area contributed by atoms with E-state index in [2.05, 4.69) is 25.9 Å². The average molecular weight is 398 g/mol. The Morgan fingerprint density at radius 2 is 1.94 bits per heavy atom. The fraction of sp³-hybridized carbons (Fsp3) is 0. The summed E-state index contributed by atoms with van der Waals surface area (Å²) in [6.45, 7) is 0.